The molecule has 0 unspecified atom stereocenters. The van der Waals surface area contributed by atoms with Gasteiger partial charge in [0.05, 0.1) is 0 Å². The smallest absolute Gasteiger partial charge is 0.332 e. The van der Waals surface area contributed by atoms with Crippen molar-refractivity contribution in [2.24, 2.45) is 28.1 Å². The normalized spacial score (nSPS) is 25.9. The third-order valence-electron chi connectivity index (χ3n) is 4.31. The summed E-state index contributed by atoms with van der Waals surface area (Å²) >= 11 is 0. The summed E-state index contributed by atoms with van der Waals surface area (Å²) in [6.45, 7) is 8.75. The molecule has 0 bridgehead atoms. The Balaban J connectivity index is 2.80. The Hall–Kier alpha value is -1.06. The summed E-state index contributed by atoms with van der Waals surface area (Å²) in [6, 6.07) is -0.584. The highest BCUT2D eigenvalue weighted by atomic mass is 16.2. The summed E-state index contributed by atoms with van der Waals surface area (Å²) in [7, 11) is 0. The van der Waals surface area contributed by atoms with Gasteiger partial charge < -0.3 is 5.73 Å². The molecule has 18 heavy (non-hydrogen) atoms. The summed E-state index contributed by atoms with van der Waals surface area (Å²) in [5.74, 6) is 1.24. The van der Waals surface area contributed by atoms with E-state index in [0.717, 1.165) is 11.6 Å². The second kappa shape index (κ2) is 6.21. The van der Waals surface area contributed by atoms with Crippen molar-refractivity contribution in [1.82, 2.24) is 5.43 Å². The molecule has 2 amide bonds. The molecule has 1 fully saturated rings. The number of urea groups is 1. The molecule has 0 aromatic heterocycles. The Morgan fingerprint density at radius 3 is 2.22 bits per heavy atom. The minimum absolute atomic E-state index is 0.422. The second-order valence-corrected chi connectivity index (χ2v) is 5.45. The maximum absolute atomic E-state index is 10.7. The third-order valence-corrected chi connectivity index (χ3v) is 4.31. The lowest BCUT2D eigenvalue weighted by Crippen LogP contribution is -2.26. The van der Waals surface area contributed by atoms with Crippen molar-refractivity contribution >= 4 is 11.7 Å². The highest BCUT2D eigenvalue weighted by molar-refractivity contribution is 5.89. The van der Waals surface area contributed by atoms with Crippen LogP contribution in [0.1, 0.15) is 59.8 Å². The number of hydrogen-bond acceptors (Lipinski definition) is 2. The molecule has 0 aromatic rings. The van der Waals surface area contributed by atoms with Crippen LogP contribution in [-0.4, -0.2) is 11.7 Å². The predicted molar refractivity (Wildman–Crippen MR) is 75.3 cm³/mol. The first-order valence-corrected chi connectivity index (χ1v) is 7.13. The van der Waals surface area contributed by atoms with E-state index in [1.54, 1.807) is 0 Å². The fraction of sp³-hybridized carbons (Fsp3) is 0.857. The number of hydrazone groups is 1. The van der Waals surface area contributed by atoms with Gasteiger partial charge in [0.25, 0.3) is 0 Å². The average Bonchev–Trinajstić information content (AvgIpc) is 2.94. The Morgan fingerprint density at radius 1 is 1.28 bits per heavy atom. The molecule has 0 heterocycles. The molecule has 104 valence electrons. The molecular formula is C14H27N3O. The van der Waals surface area contributed by atoms with Crippen molar-refractivity contribution in [3.8, 4) is 0 Å². The maximum atomic E-state index is 10.7. The van der Waals surface area contributed by atoms with Crippen LogP contribution in [0.15, 0.2) is 5.10 Å². The van der Waals surface area contributed by atoms with E-state index >= 15 is 0 Å². The van der Waals surface area contributed by atoms with Crippen LogP contribution < -0.4 is 11.2 Å². The molecule has 3 N–H and O–H groups in total. The van der Waals surface area contributed by atoms with Gasteiger partial charge >= 0.3 is 6.03 Å². The Kier molecular flexibility index (Phi) is 5.17. The minimum atomic E-state index is -0.584. The summed E-state index contributed by atoms with van der Waals surface area (Å²) in [5, 5.41) is 4.14. The molecule has 0 radical (unpaired) electrons. The van der Waals surface area contributed by atoms with E-state index in [9.17, 15) is 4.79 Å². The topological polar surface area (TPSA) is 67.5 Å². The van der Waals surface area contributed by atoms with Crippen molar-refractivity contribution in [2.45, 2.75) is 59.8 Å². The molecule has 1 saturated carbocycles. The lowest BCUT2D eigenvalue weighted by molar-refractivity contribution is 0.249. The van der Waals surface area contributed by atoms with Gasteiger partial charge in [0.2, 0.25) is 0 Å². The van der Waals surface area contributed by atoms with E-state index in [1.807, 2.05) is 6.92 Å². The number of nitrogens with one attached hydrogen (secondary N) is 1. The molecule has 4 heteroatoms. The third kappa shape index (κ3) is 2.85. The SMILES string of the molecule is CCCC1(CCC)[C@H](/C(C)=N\NC(N)=O)[C@@H]1CC. The van der Waals surface area contributed by atoms with Crippen LogP contribution in [0, 0.1) is 17.3 Å². The molecule has 1 aliphatic carbocycles. The van der Waals surface area contributed by atoms with Crippen molar-refractivity contribution in [3.05, 3.63) is 0 Å². The standard InChI is InChI=1S/C14H27N3O/c1-5-8-14(9-6-2)11(7-3)12(14)10(4)16-17-13(15)18/h11-12H,5-9H2,1-4H3,(H3,15,17,18)/b16-10-/t11-,12+/m0/s1. The zero-order chi connectivity index (χ0) is 13.8. The second-order valence-electron chi connectivity index (χ2n) is 5.45. The number of hydrogen-bond donors (Lipinski definition) is 2. The average molecular weight is 253 g/mol. The molecule has 2 atom stereocenters. The van der Waals surface area contributed by atoms with E-state index in [1.165, 1.54) is 32.1 Å². The number of amides is 2. The Morgan fingerprint density at radius 2 is 1.83 bits per heavy atom. The molecule has 1 rings (SSSR count). The van der Waals surface area contributed by atoms with E-state index in [4.69, 9.17) is 5.73 Å². The van der Waals surface area contributed by atoms with Gasteiger partial charge in [-0.2, -0.15) is 5.10 Å². The Labute approximate surface area is 110 Å². The zero-order valence-electron chi connectivity index (χ0n) is 12.1. The summed E-state index contributed by atoms with van der Waals surface area (Å²) in [5.41, 5.74) is 8.87. The fourth-order valence-corrected chi connectivity index (χ4v) is 3.88. The largest absolute Gasteiger partial charge is 0.350 e. The highest BCUT2D eigenvalue weighted by Gasteiger charge is 2.62. The van der Waals surface area contributed by atoms with Gasteiger partial charge in [-0.05, 0) is 31.1 Å². The number of carbonyl (C=O) groups is 1. The van der Waals surface area contributed by atoms with Crippen molar-refractivity contribution in [3.63, 3.8) is 0 Å². The van der Waals surface area contributed by atoms with Crippen LogP contribution in [0.3, 0.4) is 0 Å². The van der Waals surface area contributed by atoms with Crippen molar-refractivity contribution < 1.29 is 4.79 Å². The first-order valence-electron chi connectivity index (χ1n) is 7.13. The Bertz CT molecular complexity index is 319. The summed E-state index contributed by atoms with van der Waals surface area (Å²) in [6.07, 6.45) is 6.13. The van der Waals surface area contributed by atoms with E-state index in [2.05, 4.69) is 31.3 Å². The monoisotopic (exact) mass is 253 g/mol. The molecule has 1 aliphatic rings. The fourth-order valence-electron chi connectivity index (χ4n) is 3.88. The molecule has 0 saturated heterocycles. The number of primary amides is 1. The predicted octanol–water partition coefficient (Wildman–Crippen LogP) is 3.27. The molecular weight excluding hydrogens is 226 g/mol. The lowest BCUT2D eigenvalue weighted by atomic mass is 9.89. The highest BCUT2D eigenvalue weighted by Crippen LogP contribution is 2.66. The number of nitrogens with two attached hydrogens (primary N) is 1. The zero-order valence-corrected chi connectivity index (χ0v) is 12.1. The van der Waals surface area contributed by atoms with E-state index in [-0.39, 0.29) is 0 Å². The number of nitrogens with zero attached hydrogens (tertiary/aromatic N) is 1. The van der Waals surface area contributed by atoms with Crippen molar-refractivity contribution in [1.29, 1.82) is 0 Å². The van der Waals surface area contributed by atoms with Crippen LogP contribution in [0.2, 0.25) is 0 Å². The van der Waals surface area contributed by atoms with Crippen LogP contribution in [0.4, 0.5) is 4.79 Å². The molecule has 0 spiro atoms. The molecule has 0 aromatic carbocycles. The van der Waals surface area contributed by atoms with Crippen LogP contribution in [0.25, 0.3) is 0 Å². The van der Waals surface area contributed by atoms with Gasteiger partial charge in [0.15, 0.2) is 0 Å². The van der Waals surface area contributed by atoms with Gasteiger partial charge in [-0.15, -0.1) is 0 Å². The van der Waals surface area contributed by atoms with Gasteiger partial charge in [-0.3, -0.25) is 0 Å². The van der Waals surface area contributed by atoms with Crippen LogP contribution in [-0.2, 0) is 0 Å². The molecule has 0 aliphatic heterocycles. The van der Waals surface area contributed by atoms with Crippen molar-refractivity contribution in [2.75, 3.05) is 0 Å². The van der Waals surface area contributed by atoms with Crippen LogP contribution >= 0.6 is 0 Å². The van der Waals surface area contributed by atoms with E-state index < -0.39 is 6.03 Å². The molecule has 4 nitrogen and oxygen atoms in total. The maximum Gasteiger partial charge on any atom is 0.332 e. The quantitative estimate of drug-likeness (QED) is 0.530. The number of carbonyl (C=O) groups excluding carboxylic acids is 1. The van der Waals surface area contributed by atoms with Gasteiger partial charge in [0, 0.05) is 11.6 Å². The summed E-state index contributed by atoms with van der Waals surface area (Å²) < 4.78 is 0. The lowest BCUT2D eigenvalue weighted by Gasteiger charge is -2.16. The van der Waals surface area contributed by atoms with E-state index in [0.29, 0.717) is 11.3 Å². The summed E-state index contributed by atoms with van der Waals surface area (Å²) in [4.78, 5) is 10.7. The number of rotatable bonds is 7. The minimum Gasteiger partial charge on any atom is -0.350 e. The first kappa shape index (κ1) is 15.0. The van der Waals surface area contributed by atoms with Gasteiger partial charge in [0.1, 0.15) is 0 Å². The first-order chi connectivity index (χ1) is 8.53. The van der Waals surface area contributed by atoms with Gasteiger partial charge in [-0.1, -0.05) is 40.0 Å². The van der Waals surface area contributed by atoms with Crippen LogP contribution in [0.5, 0.6) is 0 Å². The van der Waals surface area contributed by atoms with Gasteiger partial charge in [-0.25, -0.2) is 10.2 Å².